The highest BCUT2D eigenvalue weighted by molar-refractivity contribution is 6.42. The molecule has 0 aliphatic heterocycles. The number of aliphatic hydroxyl groups excluding tert-OH is 1. The summed E-state index contributed by atoms with van der Waals surface area (Å²) >= 11 is 12.5. The predicted octanol–water partition coefficient (Wildman–Crippen LogP) is 6.38. The fourth-order valence-electron chi connectivity index (χ4n) is 3.83. The van der Waals surface area contributed by atoms with Crippen molar-refractivity contribution in [1.29, 1.82) is 0 Å². The Balaban J connectivity index is 2.05. The minimum Gasteiger partial charge on any atom is -0.392 e. The molecule has 2 aromatic carbocycles. The van der Waals surface area contributed by atoms with E-state index < -0.39 is 0 Å². The van der Waals surface area contributed by atoms with Gasteiger partial charge in [0.25, 0.3) is 0 Å². The molecule has 1 aliphatic rings. The third-order valence-corrected chi connectivity index (χ3v) is 5.76. The quantitative estimate of drug-likeness (QED) is 0.431. The molecule has 4 rings (SSSR count). The van der Waals surface area contributed by atoms with Crippen LogP contribution in [0.4, 0.5) is 4.39 Å². The predicted molar refractivity (Wildman–Crippen MR) is 108 cm³/mol. The van der Waals surface area contributed by atoms with E-state index in [-0.39, 0.29) is 18.3 Å². The highest BCUT2D eigenvalue weighted by Crippen LogP contribution is 2.46. The van der Waals surface area contributed by atoms with Crippen LogP contribution in [0, 0.1) is 5.82 Å². The van der Waals surface area contributed by atoms with Crippen molar-refractivity contribution in [2.75, 3.05) is 0 Å². The second-order valence-corrected chi connectivity index (χ2v) is 7.91. The lowest BCUT2D eigenvalue weighted by Crippen LogP contribution is -2.07. The minimum absolute atomic E-state index is 0.127. The van der Waals surface area contributed by atoms with Gasteiger partial charge in [-0.3, -0.25) is 4.98 Å². The Morgan fingerprint density at radius 3 is 2.41 bits per heavy atom. The molecule has 0 saturated heterocycles. The number of halogens is 3. The number of fused-ring (bicyclic) bond motifs is 3. The topological polar surface area (TPSA) is 33.1 Å². The standard InChI is InChI=1S/C22H18Cl2FNO/c1-11(2)21-17(10-27)20(12-3-5-14(25)6-4-12)16-7-13-8-18(23)19(24)9-15(13)22(16)26-21/h3-6,8-9,11,27H,7,10H2,1-2H3. The summed E-state index contributed by atoms with van der Waals surface area (Å²) in [4.78, 5) is 4.90. The zero-order valence-corrected chi connectivity index (χ0v) is 16.5. The van der Waals surface area contributed by atoms with Gasteiger partial charge in [-0.25, -0.2) is 4.39 Å². The van der Waals surface area contributed by atoms with E-state index in [0.29, 0.717) is 16.5 Å². The van der Waals surface area contributed by atoms with Gasteiger partial charge in [-0.1, -0.05) is 49.2 Å². The lowest BCUT2D eigenvalue weighted by molar-refractivity contribution is 0.280. The van der Waals surface area contributed by atoms with Crippen LogP contribution in [0.5, 0.6) is 0 Å². The Hall–Kier alpha value is -1.94. The second-order valence-electron chi connectivity index (χ2n) is 7.10. The minimum atomic E-state index is -0.291. The Bertz CT molecular complexity index is 1050. The van der Waals surface area contributed by atoms with Gasteiger partial charge in [0.05, 0.1) is 22.3 Å². The number of rotatable bonds is 3. The van der Waals surface area contributed by atoms with E-state index in [9.17, 15) is 9.50 Å². The van der Waals surface area contributed by atoms with E-state index in [1.807, 2.05) is 26.0 Å². The van der Waals surface area contributed by atoms with E-state index >= 15 is 0 Å². The van der Waals surface area contributed by atoms with E-state index in [4.69, 9.17) is 28.2 Å². The highest BCUT2D eigenvalue weighted by Gasteiger charge is 2.29. The van der Waals surface area contributed by atoms with Crippen LogP contribution in [-0.4, -0.2) is 10.1 Å². The van der Waals surface area contributed by atoms with Gasteiger partial charge in [0.15, 0.2) is 0 Å². The first-order valence-electron chi connectivity index (χ1n) is 8.81. The SMILES string of the molecule is CC(C)c1nc2c(c(-c3ccc(F)cc3)c1CO)Cc1cc(Cl)c(Cl)cc1-2. The first-order chi connectivity index (χ1) is 12.9. The molecule has 0 spiro atoms. The van der Waals surface area contributed by atoms with Crippen molar-refractivity contribution in [3.05, 3.63) is 74.6 Å². The number of benzene rings is 2. The van der Waals surface area contributed by atoms with Crippen LogP contribution in [0.15, 0.2) is 36.4 Å². The third-order valence-electron chi connectivity index (χ3n) is 5.04. The van der Waals surface area contributed by atoms with Crippen molar-refractivity contribution in [1.82, 2.24) is 4.98 Å². The Morgan fingerprint density at radius 2 is 1.78 bits per heavy atom. The molecule has 0 atom stereocenters. The molecular formula is C22H18Cl2FNO. The molecule has 0 bridgehead atoms. The monoisotopic (exact) mass is 401 g/mol. The number of aliphatic hydroxyl groups is 1. The summed E-state index contributed by atoms with van der Waals surface area (Å²) in [5, 5.41) is 11.1. The van der Waals surface area contributed by atoms with Crippen molar-refractivity contribution in [2.45, 2.75) is 32.8 Å². The Labute approximate surface area is 167 Å². The van der Waals surface area contributed by atoms with Crippen molar-refractivity contribution in [3.8, 4) is 22.4 Å². The zero-order chi connectivity index (χ0) is 19.3. The largest absolute Gasteiger partial charge is 0.392 e. The third kappa shape index (κ3) is 3.04. The van der Waals surface area contributed by atoms with Crippen molar-refractivity contribution >= 4 is 23.2 Å². The van der Waals surface area contributed by atoms with Crippen LogP contribution in [-0.2, 0) is 13.0 Å². The molecule has 27 heavy (non-hydrogen) atoms. The van der Waals surface area contributed by atoms with Gasteiger partial charge in [0.2, 0.25) is 0 Å². The average Bonchev–Trinajstić information content (AvgIpc) is 2.98. The maximum absolute atomic E-state index is 13.5. The fraction of sp³-hybridized carbons (Fsp3) is 0.227. The van der Waals surface area contributed by atoms with E-state index in [1.54, 1.807) is 12.1 Å². The highest BCUT2D eigenvalue weighted by atomic mass is 35.5. The fourth-order valence-corrected chi connectivity index (χ4v) is 4.18. The summed E-state index contributed by atoms with van der Waals surface area (Å²) in [7, 11) is 0. The van der Waals surface area contributed by atoms with Crippen LogP contribution >= 0.6 is 23.2 Å². The normalized spacial score (nSPS) is 12.4. The molecule has 5 heteroatoms. The van der Waals surface area contributed by atoms with Crippen LogP contribution in [0.1, 0.15) is 42.1 Å². The lowest BCUT2D eigenvalue weighted by Gasteiger charge is -2.19. The first-order valence-corrected chi connectivity index (χ1v) is 9.57. The van der Waals surface area contributed by atoms with Crippen molar-refractivity contribution < 1.29 is 9.50 Å². The van der Waals surface area contributed by atoms with Crippen LogP contribution in [0.25, 0.3) is 22.4 Å². The number of nitrogens with zero attached hydrogens (tertiary/aromatic N) is 1. The molecule has 1 heterocycles. The molecule has 0 amide bonds. The van der Waals surface area contributed by atoms with Gasteiger partial charge in [-0.15, -0.1) is 0 Å². The van der Waals surface area contributed by atoms with Gasteiger partial charge in [-0.05, 0) is 52.4 Å². The van der Waals surface area contributed by atoms with Gasteiger partial charge in [-0.2, -0.15) is 0 Å². The summed E-state index contributed by atoms with van der Waals surface area (Å²) in [6.07, 6.45) is 0.645. The lowest BCUT2D eigenvalue weighted by atomic mass is 9.89. The molecule has 1 aromatic heterocycles. The van der Waals surface area contributed by atoms with Crippen molar-refractivity contribution in [3.63, 3.8) is 0 Å². The summed E-state index contributed by atoms with van der Waals surface area (Å²) < 4.78 is 13.5. The number of hydrogen-bond acceptors (Lipinski definition) is 2. The molecule has 138 valence electrons. The number of aromatic nitrogens is 1. The molecule has 0 saturated carbocycles. The molecule has 0 radical (unpaired) electrons. The van der Waals surface area contributed by atoms with Gasteiger partial charge in [0.1, 0.15) is 5.82 Å². The van der Waals surface area contributed by atoms with Crippen LogP contribution in [0.3, 0.4) is 0 Å². The van der Waals surface area contributed by atoms with Gasteiger partial charge < -0.3 is 5.11 Å². The van der Waals surface area contributed by atoms with Crippen molar-refractivity contribution in [2.24, 2.45) is 0 Å². The van der Waals surface area contributed by atoms with Gasteiger partial charge >= 0.3 is 0 Å². The number of hydrogen-bond donors (Lipinski definition) is 1. The number of pyridine rings is 1. The van der Waals surface area contributed by atoms with E-state index in [2.05, 4.69) is 0 Å². The first kappa shape index (κ1) is 18.4. The summed E-state index contributed by atoms with van der Waals surface area (Å²) in [6.45, 7) is 3.97. The Kier molecular flexibility index (Phi) is 4.71. The summed E-state index contributed by atoms with van der Waals surface area (Å²) in [5.41, 5.74) is 7.33. The van der Waals surface area contributed by atoms with E-state index in [0.717, 1.165) is 44.8 Å². The van der Waals surface area contributed by atoms with E-state index in [1.165, 1.54) is 12.1 Å². The summed E-state index contributed by atoms with van der Waals surface area (Å²) in [6, 6.07) is 10.1. The summed E-state index contributed by atoms with van der Waals surface area (Å²) in [5.74, 6) is -0.163. The maximum atomic E-state index is 13.5. The molecule has 1 N–H and O–H groups in total. The second kappa shape index (κ2) is 6.90. The smallest absolute Gasteiger partial charge is 0.123 e. The molecule has 1 aliphatic carbocycles. The molecular weight excluding hydrogens is 384 g/mol. The molecule has 0 unspecified atom stereocenters. The van der Waals surface area contributed by atoms with Crippen LogP contribution < -0.4 is 0 Å². The maximum Gasteiger partial charge on any atom is 0.123 e. The average molecular weight is 402 g/mol. The Morgan fingerprint density at radius 1 is 1.11 bits per heavy atom. The molecule has 2 nitrogen and oxygen atoms in total. The molecule has 0 fully saturated rings. The van der Waals surface area contributed by atoms with Gasteiger partial charge in [0, 0.05) is 23.2 Å². The van der Waals surface area contributed by atoms with Crippen LogP contribution in [0.2, 0.25) is 10.0 Å². The molecule has 3 aromatic rings. The zero-order valence-electron chi connectivity index (χ0n) is 15.0.